The largest absolute Gasteiger partial charge is 0.0990 e. The van der Waals surface area contributed by atoms with E-state index in [0.717, 1.165) is 41.4 Å². The second-order valence-corrected chi connectivity index (χ2v) is 9.05. The molecule has 22 heavy (non-hydrogen) atoms. The van der Waals surface area contributed by atoms with E-state index in [-0.39, 0.29) is 0 Å². The molecule has 0 spiro atoms. The Labute approximate surface area is 137 Å². The molecule has 0 heteroatoms. The number of hydrogen-bond donors (Lipinski definition) is 0. The average Bonchev–Trinajstić information content (AvgIpc) is 2.83. The van der Waals surface area contributed by atoms with Crippen LogP contribution in [-0.4, -0.2) is 0 Å². The second kappa shape index (κ2) is 5.53. The zero-order chi connectivity index (χ0) is 15.4. The van der Waals surface area contributed by atoms with Gasteiger partial charge in [0.1, 0.15) is 0 Å². The molecule has 0 N–H and O–H groups in total. The summed E-state index contributed by atoms with van der Waals surface area (Å²) in [5.74, 6) is 7.03. The Morgan fingerprint density at radius 3 is 2.41 bits per heavy atom. The van der Waals surface area contributed by atoms with Crippen LogP contribution >= 0.6 is 0 Å². The molecule has 0 radical (unpaired) electrons. The summed E-state index contributed by atoms with van der Waals surface area (Å²) >= 11 is 0. The maximum absolute atomic E-state index is 4.69. The van der Waals surface area contributed by atoms with Gasteiger partial charge in [-0.3, -0.25) is 0 Å². The molecular formula is C22H34. The molecule has 4 aliphatic carbocycles. The van der Waals surface area contributed by atoms with Gasteiger partial charge < -0.3 is 0 Å². The fourth-order valence-electron chi connectivity index (χ4n) is 7.34. The van der Waals surface area contributed by atoms with Crippen molar-refractivity contribution in [2.75, 3.05) is 0 Å². The summed E-state index contributed by atoms with van der Waals surface area (Å²) in [6.07, 6.45) is 11.7. The minimum Gasteiger partial charge on any atom is -0.0990 e. The molecule has 0 nitrogen and oxygen atoms in total. The zero-order valence-corrected chi connectivity index (χ0v) is 14.7. The number of allylic oxidation sites excluding steroid dienone is 2. The Morgan fingerprint density at radius 1 is 0.909 bits per heavy atom. The van der Waals surface area contributed by atoms with Gasteiger partial charge in [0, 0.05) is 5.92 Å². The van der Waals surface area contributed by atoms with Gasteiger partial charge in [-0.2, -0.15) is 0 Å². The molecule has 8 atom stereocenters. The lowest BCUT2D eigenvalue weighted by Crippen LogP contribution is -2.45. The van der Waals surface area contributed by atoms with Crippen LogP contribution < -0.4 is 0 Å². The third-order valence-electron chi connectivity index (χ3n) is 8.23. The predicted octanol–water partition coefficient (Wildman–Crippen LogP) is 6.24. The number of rotatable bonds is 1. The first-order valence-electron chi connectivity index (χ1n) is 9.99. The van der Waals surface area contributed by atoms with Crippen molar-refractivity contribution in [2.45, 2.75) is 65.2 Å². The van der Waals surface area contributed by atoms with E-state index in [4.69, 9.17) is 0 Å². The van der Waals surface area contributed by atoms with Gasteiger partial charge >= 0.3 is 0 Å². The van der Waals surface area contributed by atoms with Gasteiger partial charge in [-0.15, -0.1) is 0 Å². The average molecular weight is 299 g/mol. The lowest BCUT2D eigenvalue weighted by molar-refractivity contribution is 0.00584. The Bertz CT molecular complexity index is 472. The molecular weight excluding hydrogens is 264 g/mol. The molecule has 0 amide bonds. The van der Waals surface area contributed by atoms with Crippen LogP contribution in [0.1, 0.15) is 65.2 Å². The van der Waals surface area contributed by atoms with Crippen LogP contribution in [0, 0.1) is 47.3 Å². The van der Waals surface area contributed by atoms with Crippen molar-refractivity contribution < 1.29 is 0 Å². The zero-order valence-electron chi connectivity index (χ0n) is 14.7. The molecule has 0 heterocycles. The summed E-state index contributed by atoms with van der Waals surface area (Å²) in [5, 5.41) is 0. The van der Waals surface area contributed by atoms with Crippen molar-refractivity contribution in [1.82, 2.24) is 0 Å². The minimum absolute atomic E-state index is 0.675. The van der Waals surface area contributed by atoms with Gasteiger partial charge in [0.15, 0.2) is 0 Å². The highest BCUT2D eigenvalue weighted by atomic mass is 14.6. The fourth-order valence-corrected chi connectivity index (χ4v) is 7.34. The summed E-state index contributed by atoms with van der Waals surface area (Å²) in [4.78, 5) is 0. The van der Waals surface area contributed by atoms with E-state index in [1.165, 1.54) is 51.4 Å². The molecule has 0 aromatic rings. The van der Waals surface area contributed by atoms with Crippen LogP contribution in [-0.2, 0) is 0 Å². The lowest BCUT2D eigenvalue weighted by atomic mass is 9.51. The normalized spacial score (nSPS) is 51.2. The fraction of sp³-hybridized carbons (Fsp3) is 0.818. The van der Waals surface area contributed by atoms with Crippen LogP contribution in [0.15, 0.2) is 24.3 Å². The molecule has 4 fully saturated rings. The van der Waals surface area contributed by atoms with E-state index in [1.54, 1.807) is 11.1 Å². The van der Waals surface area contributed by atoms with Crippen molar-refractivity contribution in [1.29, 1.82) is 0 Å². The molecule has 0 aliphatic heterocycles. The monoisotopic (exact) mass is 298 g/mol. The van der Waals surface area contributed by atoms with E-state index in [9.17, 15) is 0 Å². The van der Waals surface area contributed by atoms with Gasteiger partial charge in [-0.1, -0.05) is 57.4 Å². The highest BCUT2D eigenvalue weighted by molar-refractivity contribution is 5.30. The molecule has 4 saturated carbocycles. The molecule has 0 aromatic heterocycles. The summed E-state index contributed by atoms with van der Waals surface area (Å²) in [5.41, 5.74) is 3.16. The molecule has 4 aliphatic rings. The van der Waals surface area contributed by atoms with Crippen molar-refractivity contribution in [3.63, 3.8) is 0 Å². The van der Waals surface area contributed by atoms with E-state index in [1.807, 2.05) is 0 Å². The first kappa shape index (κ1) is 15.0. The lowest BCUT2D eigenvalue weighted by Gasteiger charge is -2.53. The number of hydrogen-bond acceptors (Lipinski definition) is 0. The second-order valence-electron chi connectivity index (χ2n) is 9.05. The summed E-state index contributed by atoms with van der Waals surface area (Å²) in [6, 6.07) is 0. The molecule has 6 unspecified atom stereocenters. The van der Waals surface area contributed by atoms with E-state index in [0.29, 0.717) is 5.92 Å². The van der Waals surface area contributed by atoms with Gasteiger partial charge in [0.2, 0.25) is 0 Å². The topological polar surface area (TPSA) is 0 Å². The van der Waals surface area contributed by atoms with Crippen LogP contribution in [0.3, 0.4) is 0 Å². The Morgan fingerprint density at radius 2 is 1.64 bits per heavy atom. The molecule has 0 saturated heterocycles. The first-order valence-corrected chi connectivity index (χ1v) is 9.99. The highest BCUT2D eigenvalue weighted by Gasteiger charge is 2.52. The van der Waals surface area contributed by atoms with Crippen molar-refractivity contribution in [2.24, 2.45) is 47.3 Å². The van der Waals surface area contributed by atoms with Crippen LogP contribution in [0.5, 0.6) is 0 Å². The Balaban J connectivity index is 1.61. The third-order valence-corrected chi connectivity index (χ3v) is 8.23. The van der Waals surface area contributed by atoms with Crippen LogP contribution in [0.2, 0.25) is 0 Å². The highest BCUT2D eigenvalue weighted by Crippen LogP contribution is 2.61. The van der Waals surface area contributed by atoms with E-state index in [2.05, 4.69) is 27.0 Å². The molecule has 4 rings (SSSR count). The molecule has 0 bridgehead atoms. The Kier molecular flexibility index (Phi) is 3.78. The molecule has 0 aromatic carbocycles. The summed E-state index contributed by atoms with van der Waals surface area (Å²) in [7, 11) is 0. The van der Waals surface area contributed by atoms with E-state index < -0.39 is 0 Å². The first-order chi connectivity index (χ1) is 10.6. The van der Waals surface area contributed by atoms with E-state index >= 15 is 0 Å². The minimum atomic E-state index is 0.675. The van der Waals surface area contributed by atoms with Crippen LogP contribution in [0.25, 0.3) is 0 Å². The van der Waals surface area contributed by atoms with Crippen LogP contribution in [0.4, 0.5) is 0 Å². The third kappa shape index (κ3) is 2.09. The summed E-state index contributed by atoms with van der Waals surface area (Å²) in [6.45, 7) is 14.1. The Hall–Kier alpha value is -0.520. The van der Waals surface area contributed by atoms with Gasteiger partial charge in [-0.25, -0.2) is 0 Å². The standard InChI is InChI=1S/C22H34/c1-5-16-10-18-12-19-11-17-8-6-7-9-20(17)14(3)22(19)15(4)21(18)13(16)2/h14,16-22H,2,4-12H2,1,3H3/t14?,16?,17-,18?,19?,20+,21?,22?/m1/s1. The quantitative estimate of drug-likeness (QED) is 0.502. The number of fused-ring (bicyclic) bond motifs is 3. The van der Waals surface area contributed by atoms with Gasteiger partial charge in [0.25, 0.3) is 0 Å². The van der Waals surface area contributed by atoms with Gasteiger partial charge in [0.05, 0.1) is 0 Å². The van der Waals surface area contributed by atoms with Crippen molar-refractivity contribution >= 4 is 0 Å². The summed E-state index contributed by atoms with van der Waals surface area (Å²) < 4.78 is 0. The SMILES string of the molecule is C=C1C(CC)CC2CC3C[C@H]4CCCC[C@H]4C(C)C3C(=C)C12. The van der Waals surface area contributed by atoms with Gasteiger partial charge in [-0.05, 0) is 73.5 Å². The van der Waals surface area contributed by atoms with Crippen molar-refractivity contribution in [3.05, 3.63) is 24.3 Å². The maximum atomic E-state index is 4.69. The maximum Gasteiger partial charge on any atom is 0.00359 e. The predicted molar refractivity (Wildman–Crippen MR) is 94.5 cm³/mol. The molecule has 122 valence electrons. The smallest absolute Gasteiger partial charge is 0.00359 e. The van der Waals surface area contributed by atoms with Crippen molar-refractivity contribution in [3.8, 4) is 0 Å².